The molecule has 2 amide bonds. The monoisotopic (exact) mass is 225 g/mol. The maximum atomic E-state index is 11.1. The summed E-state index contributed by atoms with van der Waals surface area (Å²) in [6, 6.07) is -0.980. The van der Waals surface area contributed by atoms with Gasteiger partial charge in [-0.25, -0.2) is 9.78 Å². The van der Waals surface area contributed by atoms with Crippen molar-refractivity contribution in [3.8, 4) is 0 Å². The number of hydrogen-bond acceptors (Lipinski definition) is 4. The smallest absolute Gasteiger partial charge is 0.405 e. The molecule has 2 heterocycles. The van der Waals surface area contributed by atoms with E-state index in [1.807, 2.05) is 0 Å². The predicted octanol–water partition coefficient (Wildman–Crippen LogP) is -1.28. The number of carbonyl (C=O) groups is 2. The van der Waals surface area contributed by atoms with E-state index in [-0.39, 0.29) is 11.9 Å². The average Bonchev–Trinajstić information content (AvgIpc) is 2.60. The highest BCUT2D eigenvalue weighted by Crippen LogP contribution is 2.08. The highest BCUT2D eigenvalue weighted by atomic mass is 16.4. The summed E-state index contributed by atoms with van der Waals surface area (Å²) in [6.07, 6.45) is 0.331. The highest BCUT2D eigenvalue weighted by Gasteiger charge is 2.40. The summed E-state index contributed by atoms with van der Waals surface area (Å²) >= 11 is 0. The van der Waals surface area contributed by atoms with Crippen LogP contribution in [0.1, 0.15) is 5.82 Å². The standard InChI is InChI=1S/C8H11N5O3/c1-4-9-3-13(12-4)2-5-6(7(14)10-5)11-8(15)16/h3,5-6,11H,2H2,1H3,(H,10,14)(H,15,16)/t5-,6+/m1/s1. The summed E-state index contributed by atoms with van der Waals surface area (Å²) in [5.41, 5.74) is 0. The molecule has 0 aromatic carbocycles. The maximum absolute atomic E-state index is 11.1. The minimum Gasteiger partial charge on any atom is -0.465 e. The Morgan fingerprint density at radius 2 is 2.50 bits per heavy atom. The third-order valence-corrected chi connectivity index (χ3v) is 2.33. The second kappa shape index (κ2) is 3.80. The molecule has 1 fully saturated rings. The van der Waals surface area contributed by atoms with Gasteiger partial charge in [-0.1, -0.05) is 0 Å². The predicted molar refractivity (Wildman–Crippen MR) is 51.6 cm³/mol. The van der Waals surface area contributed by atoms with Crippen molar-refractivity contribution in [2.45, 2.75) is 25.6 Å². The maximum Gasteiger partial charge on any atom is 0.405 e. The number of aryl methyl sites for hydroxylation is 1. The van der Waals surface area contributed by atoms with Crippen LogP contribution in [-0.2, 0) is 11.3 Å². The molecule has 0 radical (unpaired) electrons. The van der Waals surface area contributed by atoms with E-state index in [1.165, 1.54) is 6.33 Å². The molecule has 0 saturated carbocycles. The Labute approximate surface area is 90.7 Å². The van der Waals surface area contributed by atoms with Crippen molar-refractivity contribution in [3.63, 3.8) is 0 Å². The number of β-lactam (4-membered cyclic amide) rings is 1. The van der Waals surface area contributed by atoms with E-state index in [4.69, 9.17) is 5.11 Å². The van der Waals surface area contributed by atoms with E-state index in [9.17, 15) is 9.59 Å². The molecular formula is C8H11N5O3. The second-order valence-electron chi connectivity index (χ2n) is 3.56. The molecule has 1 aromatic rings. The Hall–Kier alpha value is -2.12. The number of amides is 2. The summed E-state index contributed by atoms with van der Waals surface area (Å²) < 4.78 is 1.57. The van der Waals surface area contributed by atoms with Gasteiger partial charge in [0.15, 0.2) is 0 Å². The first kappa shape index (κ1) is 10.4. The fraction of sp³-hybridized carbons (Fsp3) is 0.500. The minimum absolute atomic E-state index is 0.273. The number of carboxylic acid groups (broad SMARTS) is 1. The molecule has 8 heteroatoms. The van der Waals surface area contributed by atoms with Gasteiger partial charge in [0.25, 0.3) is 0 Å². The Morgan fingerprint density at radius 1 is 1.75 bits per heavy atom. The van der Waals surface area contributed by atoms with Crippen LogP contribution in [0, 0.1) is 6.92 Å². The van der Waals surface area contributed by atoms with E-state index < -0.39 is 12.1 Å². The van der Waals surface area contributed by atoms with Crippen molar-refractivity contribution >= 4 is 12.0 Å². The topological polar surface area (TPSA) is 109 Å². The van der Waals surface area contributed by atoms with Gasteiger partial charge in [-0.15, -0.1) is 0 Å². The van der Waals surface area contributed by atoms with Crippen molar-refractivity contribution in [2.24, 2.45) is 0 Å². The summed E-state index contributed by atoms with van der Waals surface area (Å²) in [4.78, 5) is 25.4. The molecule has 1 aliphatic rings. The van der Waals surface area contributed by atoms with Crippen LogP contribution in [0.5, 0.6) is 0 Å². The largest absolute Gasteiger partial charge is 0.465 e. The van der Waals surface area contributed by atoms with E-state index >= 15 is 0 Å². The van der Waals surface area contributed by atoms with Gasteiger partial charge in [0.05, 0.1) is 12.6 Å². The first-order valence-corrected chi connectivity index (χ1v) is 4.72. The van der Waals surface area contributed by atoms with Gasteiger partial charge in [0.1, 0.15) is 18.2 Å². The molecule has 2 atom stereocenters. The third-order valence-electron chi connectivity index (χ3n) is 2.33. The van der Waals surface area contributed by atoms with Crippen LogP contribution in [0.25, 0.3) is 0 Å². The van der Waals surface area contributed by atoms with E-state index in [1.54, 1.807) is 11.6 Å². The van der Waals surface area contributed by atoms with Crippen LogP contribution in [0.2, 0.25) is 0 Å². The Bertz CT molecular complexity index is 429. The molecule has 0 unspecified atom stereocenters. The van der Waals surface area contributed by atoms with E-state index in [0.29, 0.717) is 12.4 Å². The number of hydrogen-bond donors (Lipinski definition) is 3. The zero-order valence-electron chi connectivity index (χ0n) is 8.54. The number of aromatic nitrogens is 3. The van der Waals surface area contributed by atoms with Crippen LogP contribution in [0.4, 0.5) is 4.79 Å². The van der Waals surface area contributed by atoms with Crippen molar-refractivity contribution < 1.29 is 14.7 Å². The Balaban J connectivity index is 1.95. The number of nitrogens with zero attached hydrogens (tertiary/aromatic N) is 3. The van der Waals surface area contributed by atoms with Crippen molar-refractivity contribution in [1.29, 1.82) is 0 Å². The normalized spacial score (nSPS) is 23.4. The van der Waals surface area contributed by atoms with Crippen LogP contribution in [0.3, 0.4) is 0 Å². The lowest BCUT2D eigenvalue weighted by Gasteiger charge is -2.35. The molecule has 16 heavy (non-hydrogen) atoms. The van der Waals surface area contributed by atoms with E-state index in [2.05, 4.69) is 20.7 Å². The minimum atomic E-state index is -1.21. The molecule has 3 N–H and O–H groups in total. The lowest BCUT2D eigenvalue weighted by molar-refractivity contribution is -0.131. The quantitative estimate of drug-likeness (QED) is 0.555. The van der Waals surface area contributed by atoms with Crippen molar-refractivity contribution in [1.82, 2.24) is 25.4 Å². The van der Waals surface area contributed by atoms with Crippen LogP contribution in [-0.4, -0.2) is 44.0 Å². The van der Waals surface area contributed by atoms with Crippen molar-refractivity contribution in [3.05, 3.63) is 12.2 Å². The molecule has 0 spiro atoms. The van der Waals surface area contributed by atoms with Crippen LogP contribution < -0.4 is 10.6 Å². The molecule has 0 aliphatic carbocycles. The fourth-order valence-electron chi connectivity index (χ4n) is 1.57. The van der Waals surface area contributed by atoms with Gasteiger partial charge in [0, 0.05) is 0 Å². The second-order valence-corrected chi connectivity index (χ2v) is 3.56. The van der Waals surface area contributed by atoms with Gasteiger partial charge in [-0.3, -0.25) is 9.48 Å². The lowest BCUT2D eigenvalue weighted by Crippen LogP contribution is -2.70. The summed E-state index contributed by atoms with van der Waals surface area (Å²) in [6.45, 7) is 2.15. The van der Waals surface area contributed by atoms with E-state index in [0.717, 1.165) is 0 Å². The third kappa shape index (κ3) is 1.95. The number of carbonyl (C=O) groups excluding carboxylic acids is 1. The molecular weight excluding hydrogens is 214 g/mol. The summed E-state index contributed by atoms with van der Waals surface area (Å²) in [5, 5.41) is 17.3. The van der Waals surface area contributed by atoms with Crippen LogP contribution >= 0.6 is 0 Å². The van der Waals surface area contributed by atoms with Gasteiger partial charge in [-0.05, 0) is 6.92 Å². The average molecular weight is 225 g/mol. The molecule has 86 valence electrons. The highest BCUT2D eigenvalue weighted by molar-refractivity contribution is 5.91. The van der Waals surface area contributed by atoms with Gasteiger partial charge >= 0.3 is 6.09 Å². The Kier molecular flexibility index (Phi) is 2.47. The van der Waals surface area contributed by atoms with Crippen molar-refractivity contribution in [2.75, 3.05) is 0 Å². The summed E-state index contributed by atoms with van der Waals surface area (Å²) in [7, 11) is 0. The zero-order valence-corrected chi connectivity index (χ0v) is 8.54. The molecule has 1 aliphatic heterocycles. The SMILES string of the molecule is Cc1ncn(C[C@H]2NC(=O)[C@H]2NC(=O)O)n1. The first-order chi connectivity index (χ1) is 7.56. The van der Waals surface area contributed by atoms with Crippen LogP contribution in [0.15, 0.2) is 6.33 Å². The molecule has 1 aromatic heterocycles. The lowest BCUT2D eigenvalue weighted by atomic mass is 9.99. The fourth-order valence-corrected chi connectivity index (χ4v) is 1.57. The molecule has 1 saturated heterocycles. The molecule has 0 bridgehead atoms. The van der Waals surface area contributed by atoms with Gasteiger partial charge < -0.3 is 15.7 Å². The molecule has 8 nitrogen and oxygen atoms in total. The number of rotatable bonds is 3. The zero-order chi connectivity index (χ0) is 11.7. The number of nitrogens with one attached hydrogen (secondary N) is 2. The Morgan fingerprint density at radius 3 is 3.00 bits per heavy atom. The van der Waals surface area contributed by atoms with Gasteiger partial charge in [0.2, 0.25) is 5.91 Å². The summed E-state index contributed by atoms with van der Waals surface area (Å²) in [5.74, 6) is 0.317. The van der Waals surface area contributed by atoms with Gasteiger partial charge in [-0.2, -0.15) is 5.10 Å². The molecule has 2 rings (SSSR count). The first-order valence-electron chi connectivity index (χ1n) is 4.72.